The van der Waals surface area contributed by atoms with Crippen molar-refractivity contribution in [2.75, 3.05) is 37.8 Å². The second kappa shape index (κ2) is 7.55. The number of carbonyl (C=O) groups is 1. The fourth-order valence-electron chi connectivity index (χ4n) is 2.15. The van der Waals surface area contributed by atoms with Gasteiger partial charge in [0.2, 0.25) is 5.91 Å². The summed E-state index contributed by atoms with van der Waals surface area (Å²) < 4.78 is 5.25. The van der Waals surface area contributed by atoms with Crippen LogP contribution in [0.1, 0.15) is 18.4 Å². The van der Waals surface area contributed by atoms with E-state index < -0.39 is 0 Å². The molecule has 0 saturated carbocycles. The molecule has 0 radical (unpaired) electrons. The smallest absolute Gasteiger partial charge is 0.222 e. The van der Waals surface area contributed by atoms with E-state index in [-0.39, 0.29) is 5.91 Å². The van der Waals surface area contributed by atoms with E-state index >= 15 is 0 Å². The number of hydrogen-bond donors (Lipinski definition) is 1. The van der Waals surface area contributed by atoms with Gasteiger partial charge in [-0.3, -0.25) is 4.79 Å². The molecular formula is C15H22N2O2S. The van der Waals surface area contributed by atoms with E-state index in [2.05, 4.69) is 6.92 Å². The summed E-state index contributed by atoms with van der Waals surface area (Å²) in [5, 5.41) is 0. The van der Waals surface area contributed by atoms with Crippen molar-refractivity contribution in [2.24, 2.45) is 0 Å². The van der Waals surface area contributed by atoms with E-state index in [1.165, 1.54) is 10.5 Å². The molecule has 0 bridgehead atoms. The Bertz CT molecular complexity index is 459. The van der Waals surface area contributed by atoms with E-state index in [1.54, 1.807) is 11.8 Å². The number of hydrogen-bond acceptors (Lipinski definition) is 4. The van der Waals surface area contributed by atoms with Crippen LogP contribution >= 0.6 is 11.8 Å². The SMILES string of the molecule is Cc1ccc(N)cc1SCCCC(=O)N1CCOCC1. The molecule has 1 saturated heterocycles. The number of anilines is 1. The highest BCUT2D eigenvalue weighted by Gasteiger charge is 2.15. The van der Waals surface area contributed by atoms with Crippen LogP contribution in [0.3, 0.4) is 0 Å². The number of carbonyl (C=O) groups excluding carboxylic acids is 1. The molecule has 20 heavy (non-hydrogen) atoms. The van der Waals surface area contributed by atoms with E-state index in [1.807, 2.05) is 23.1 Å². The first-order chi connectivity index (χ1) is 9.66. The van der Waals surface area contributed by atoms with Crippen LogP contribution in [-0.2, 0) is 9.53 Å². The van der Waals surface area contributed by atoms with Gasteiger partial charge in [0.15, 0.2) is 0 Å². The monoisotopic (exact) mass is 294 g/mol. The third-order valence-electron chi connectivity index (χ3n) is 3.37. The minimum absolute atomic E-state index is 0.248. The van der Waals surface area contributed by atoms with Gasteiger partial charge in [-0.25, -0.2) is 0 Å². The van der Waals surface area contributed by atoms with Gasteiger partial charge in [0.25, 0.3) is 0 Å². The summed E-state index contributed by atoms with van der Waals surface area (Å²) in [4.78, 5) is 15.1. The van der Waals surface area contributed by atoms with Gasteiger partial charge in [0.05, 0.1) is 13.2 Å². The van der Waals surface area contributed by atoms with Gasteiger partial charge in [-0.05, 0) is 36.8 Å². The first-order valence-electron chi connectivity index (χ1n) is 7.01. The standard InChI is InChI=1S/C15H22N2O2S/c1-12-4-5-13(16)11-14(12)20-10-2-3-15(18)17-6-8-19-9-7-17/h4-5,11H,2-3,6-10,16H2,1H3. The highest BCUT2D eigenvalue weighted by atomic mass is 32.2. The second-order valence-electron chi connectivity index (χ2n) is 4.97. The van der Waals surface area contributed by atoms with Crippen LogP contribution in [-0.4, -0.2) is 42.9 Å². The van der Waals surface area contributed by atoms with Gasteiger partial charge in [-0.15, -0.1) is 11.8 Å². The molecule has 1 aromatic carbocycles. The number of benzene rings is 1. The molecule has 0 spiro atoms. The lowest BCUT2D eigenvalue weighted by molar-refractivity contribution is -0.135. The van der Waals surface area contributed by atoms with Crippen LogP contribution in [0.4, 0.5) is 5.69 Å². The molecule has 1 fully saturated rings. The van der Waals surface area contributed by atoms with Gasteiger partial charge in [0.1, 0.15) is 0 Å². The molecule has 0 atom stereocenters. The summed E-state index contributed by atoms with van der Waals surface area (Å²) in [5.74, 6) is 1.19. The number of nitrogen functional groups attached to an aromatic ring is 1. The van der Waals surface area contributed by atoms with Gasteiger partial charge in [0, 0.05) is 30.1 Å². The summed E-state index contributed by atoms with van der Waals surface area (Å²) >= 11 is 1.77. The summed E-state index contributed by atoms with van der Waals surface area (Å²) in [7, 11) is 0. The van der Waals surface area contributed by atoms with Crippen molar-refractivity contribution >= 4 is 23.4 Å². The molecule has 1 aliphatic rings. The van der Waals surface area contributed by atoms with E-state index in [0.29, 0.717) is 19.6 Å². The molecule has 110 valence electrons. The lowest BCUT2D eigenvalue weighted by atomic mass is 10.2. The van der Waals surface area contributed by atoms with E-state index in [4.69, 9.17) is 10.5 Å². The normalized spacial score (nSPS) is 15.3. The molecule has 1 aliphatic heterocycles. The summed E-state index contributed by atoms with van der Waals surface area (Å²) in [6.45, 7) is 4.90. The number of morpholine rings is 1. The fraction of sp³-hybridized carbons (Fsp3) is 0.533. The molecular weight excluding hydrogens is 272 g/mol. The molecule has 5 heteroatoms. The molecule has 0 aromatic heterocycles. The lowest BCUT2D eigenvalue weighted by Gasteiger charge is -2.26. The summed E-state index contributed by atoms with van der Waals surface area (Å²) in [6.07, 6.45) is 1.52. The predicted octanol–water partition coefficient (Wildman–Crippen LogP) is 2.31. The van der Waals surface area contributed by atoms with Gasteiger partial charge in [-0.2, -0.15) is 0 Å². The van der Waals surface area contributed by atoms with Crippen molar-refractivity contribution < 1.29 is 9.53 Å². The topological polar surface area (TPSA) is 55.6 Å². The number of thioether (sulfide) groups is 1. The highest BCUT2D eigenvalue weighted by molar-refractivity contribution is 7.99. The maximum Gasteiger partial charge on any atom is 0.222 e. The first-order valence-corrected chi connectivity index (χ1v) is 8.00. The quantitative estimate of drug-likeness (QED) is 0.514. The minimum Gasteiger partial charge on any atom is -0.399 e. The Morgan fingerprint density at radius 1 is 1.40 bits per heavy atom. The Balaban J connectivity index is 1.70. The molecule has 4 nitrogen and oxygen atoms in total. The fourth-order valence-corrected chi connectivity index (χ4v) is 3.17. The predicted molar refractivity (Wildman–Crippen MR) is 82.9 cm³/mol. The van der Waals surface area contributed by atoms with Crippen LogP contribution < -0.4 is 5.73 Å². The van der Waals surface area contributed by atoms with E-state index in [0.717, 1.165) is 31.0 Å². The number of nitrogens with two attached hydrogens (primary N) is 1. The average Bonchev–Trinajstić information content (AvgIpc) is 2.47. The molecule has 0 aliphatic carbocycles. The minimum atomic E-state index is 0.248. The Hall–Kier alpha value is -1.20. The van der Waals surface area contributed by atoms with Crippen molar-refractivity contribution in [3.05, 3.63) is 23.8 Å². The lowest BCUT2D eigenvalue weighted by Crippen LogP contribution is -2.40. The maximum absolute atomic E-state index is 12.0. The molecule has 1 amide bonds. The van der Waals surface area contributed by atoms with Gasteiger partial charge >= 0.3 is 0 Å². The van der Waals surface area contributed by atoms with Crippen molar-refractivity contribution in [3.63, 3.8) is 0 Å². The zero-order chi connectivity index (χ0) is 14.4. The van der Waals surface area contributed by atoms with Crippen LogP contribution in [0.2, 0.25) is 0 Å². The Morgan fingerprint density at radius 3 is 2.90 bits per heavy atom. The Kier molecular flexibility index (Phi) is 5.73. The molecule has 2 N–H and O–H groups in total. The van der Waals surface area contributed by atoms with Crippen molar-refractivity contribution in [2.45, 2.75) is 24.7 Å². The molecule has 0 unspecified atom stereocenters. The molecule has 1 aromatic rings. The van der Waals surface area contributed by atoms with E-state index in [9.17, 15) is 4.79 Å². The number of ether oxygens (including phenoxy) is 1. The molecule has 1 heterocycles. The number of nitrogens with zero attached hydrogens (tertiary/aromatic N) is 1. The first kappa shape index (κ1) is 15.2. The Morgan fingerprint density at radius 2 is 2.15 bits per heavy atom. The van der Waals surface area contributed by atoms with Gasteiger partial charge < -0.3 is 15.4 Å². The summed E-state index contributed by atoms with van der Waals surface area (Å²) in [5.41, 5.74) is 7.83. The third-order valence-corrected chi connectivity index (χ3v) is 4.61. The zero-order valence-corrected chi connectivity index (χ0v) is 12.7. The zero-order valence-electron chi connectivity index (χ0n) is 11.9. The average molecular weight is 294 g/mol. The van der Waals surface area contributed by atoms with Crippen LogP contribution in [0, 0.1) is 6.92 Å². The number of aryl methyl sites for hydroxylation is 1. The van der Waals surface area contributed by atoms with Crippen LogP contribution in [0.15, 0.2) is 23.1 Å². The van der Waals surface area contributed by atoms with Crippen molar-refractivity contribution in [1.82, 2.24) is 4.90 Å². The second-order valence-corrected chi connectivity index (χ2v) is 6.11. The van der Waals surface area contributed by atoms with Crippen molar-refractivity contribution in [3.8, 4) is 0 Å². The van der Waals surface area contributed by atoms with Gasteiger partial charge in [-0.1, -0.05) is 6.07 Å². The summed E-state index contributed by atoms with van der Waals surface area (Å²) in [6, 6.07) is 5.96. The number of rotatable bonds is 5. The maximum atomic E-state index is 12.0. The highest BCUT2D eigenvalue weighted by Crippen LogP contribution is 2.25. The largest absolute Gasteiger partial charge is 0.399 e. The molecule has 2 rings (SSSR count). The van der Waals surface area contributed by atoms with Crippen molar-refractivity contribution in [1.29, 1.82) is 0 Å². The Labute approximate surface area is 124 Å². The van der Waals surface area contributed by atoms with Crippen LogP contribution in [0.5, 0.6) is 0 Å². The third kappa shape index (κ3) is 4.42. The van der Waals surface area contributed by atoms with Crippen LogP contribution in [0.25, 0.3) is 0 Å². The number of amides is 1.